The summed E-state index contributed by atoms with van der Waals surface area (Å²) in [5.41, 5.74) is 2.91. The van der Waals surface area contributed by atoms with Crippen molar-refractivity contribution in [1.82, 2.24) is 14.5 Å². The molecule has 4 rings (SSSR count). The number of ether oxygens (including phenoxy) is 1. The summed E-state index contributed by atoms with van der Waals surface area (Å²) >= 11 is 0. The molecule has 1 saturated heterocycles. The molecule has 0 saturated carbocycles. The zero-order chi connectivity index (χ0) is 20.2. The minimum atomic E-state index is -0.202. The SMILES string of the molecule is Cn1c(N2CCCOC(c3cccc(C#N)c3)C2)nc(-c2ccncc2)cc1=O. The van der Waals surface area contributed by atoms with Crippen molar-refractivity contribution >= 4 is 5.95 Å². The van der Waals surface area contributed by atoms with Gasteiger partial charge in [-0.25, -0.2) is 4.98 Å². The summed E-state index contributed by atoms with van der Waals surface area (Å²) in [6, 6.07) is 14.9. The number of rotatable bonds is 3. The summed E-state index contributed by atoms with van der Waals surface area (Å²) in [4.78, 5) is 23.5. The van der Waals surface area contributed by atoms with E-state index in [-0.39, 0.29) is 11.7 Å². The molecule has 0 spiro atoms. The molecule has 0 aliphatic carbocycles. The van der Waals surface area contributed by atoms with E-state index in [0.29, 0.717) is 30.4 Å². The Morgan fingerprint density at radius 3 is 2.83 bits per heavy atom. The number of benzene rings is 1. The average Bonchev–Trinajstić information content (AvgIpc) is 3.02. The van der Waals surface area contributed by atoms with Crippen molar-refractivity contribution in [2.45, 2.75) is 12.5 Å². The summed E-state index contributed by atoms with van der Waals surface area (Å²) in [6.45, 7) is 1.89. The average molecular weight is 387 g/mol. The van der Waals surface area contributed by atoms with E-state index in [1.807, 2.05) is 30.3 Å². The fourth-order valence-corrected chi connectivity index (χ4v) is 3.50. The Labute approximate surface area is 168 Å². The largest absolute Gasteiger partial charge is 0.372 e. The standard InChI is InChI=1S/C22H21N5O2/c1-26-21(28)13-19(17-6-8-24-9-7-17)25-22(26)27-10-3-11-29-20(15-27)18-5-2-4-16(12-18)14-23/h2,4-9,12-13,20H,3,10-11,15H2,1H3. The quantitative estimate of drug-likeness (QED) is 0.687. The van der Waals surface area contributed by atoms with Crippen LogP contribution in [0.1, 0.15) is 23.7 Å². The van der Waals surface area contributed by atoms with Crippen molar-refractivity contribution < 1.29 is 4.74 Å². The zero-order valence-corrected chi connectivity index (χ0v) is 16.2. The van der Waals surface area contributed by atoms with Gasteiger partial charge in [0.2, 0.25) is 5.95 Å². The first-order valence-electron chi connectivity index (χ1n) is 9.51. The summed E-state index contributed by atoms with van der Waals surface area (Å²) in [7, 11) is 1.73. The van der Waals surface area contributed by atoms with Gasteiger partial charge in [0, 0.05) is 44.2 Å². The Balaban J connectivity index is 1.70. The van der Waals surface area contributed by atoms with E-state index < -0.39 is 0 Å². The Kier molecular flexibility index (Phi) is 5.36. The van der Waals surface area contributed by atoms with E-state index in [2.05, 4.69) is 16.0 Å². The minimum Gasteiger partial charge on any atom is -0.372 e. The van der Waals surface area contributed by atoms with Crippen molar-refractivity contribution in [2.24, 2.45) is 7.05 Å². The molecule has 7 heteroatoms. The first kappa shape index (κ1) is 18.8. The van der Waals surface area contributed by atoms with E-state index in [0.717, 1.165) is 24.1 Å². The third-order valence-corrected chi connectivity index (χ3v) is 5.04. The van der Waals surface area contributed by atoms with Crippen LogP contribution in [0.2, 0.25) is 0 Å². The summed E-state index contributed by atoms with van der Waals surface area (Å²) < 4.78 is 7.62. The van der Waals surface area contributed by atoms with Gasteiger partial charge in [-0.2, -0.15) is 5.26 Å². The monoisotopic (exact) mass is 387 g/mol. The van der Waals surface area contributed by atoms with E-state index in [1.165, 1.54) is 0 Å². The van der Waals surface area contributed by atoms with Crippen LogP contribution < -0.4 is 10.5 Å². The van der Waals surface area contributed by atoms with E-state index >= 15 is 0 Å². The van der Waals surface area contributed by atoms with Crippen LogP contribution in [0.25, 0.3) is 11.3 Å². The maximum atomic E-state index is 12.6. The maximum absolute atomic E-state index is 12.6. The molecule has 7 nitrogen and oxygen atoms in total. The van der Waals surface area contributed by atoms with Crippen molar-refractivity contribution in [3.8, 4) is 17.3 Å². The number of aromatic nitrogens is 3. The second-order valence-electron chi connectivity index (χ2n) is 6.97. The molecule has 0 N–H and O–H groups in total. The van der Waals surface area contributed by atoms with Gasteiger partial charge in [-0.15, -0.1) is 0 Å². The lowest BCUT2D eigenvalue weighted by Crippen LogP contribution is -2.34. The molecule has 29 heavy (non-hydrogen) atoms. The van der Waals surface area contributed by atoms with Crippen LogP contribution in [0.4, 0.5) is 5.95 Å². The minimum absolute atomic E-state index is 0.116. The van der Waals surface area contributed by atoms with Crippen molar-refractivity contribution in [1.29, 1.82) is 5.26 Å². The Morgan fingerprint density at radius 2 is 2.03 bits per heavy atom. The summed E-state index contributed by atoms with van der Waals surface area (Å²) in [5.74, 6) is 0.608. The van der Waals surface area contributed by atoms with E-state index in [9.17, 15) is 10.1 Å². The van der Waals surface area contributed by atoms with Crippen LogP contribution >= 0.6 is 0 Å². The van der Waals surface area contributed by atoms with Crippen LogP contribution in [0.5, 0.6) is 0 Å². The molecular weight excluding hydrogens is 366 g/mol. The molecule has 1 aliphatic heterocycles. The predicted molar refractivity (Wildman–Crippen MR) is 109 cm³/mol. The molecule has 1 aliphatic rings. The van der Waals surface area contributed by atoms with Gasteiger partial charge in [0.25, 0.3) is 5.56 Å². The Hall–Kier alpha value is -3.50. The number of hydrogen-bond acceptors (Lipinski definition) is 6. The summed E-state index contributed by atoms with van der Waals surface area (Å²) in [6.07, 6.45) is 3.99. The third-order valence-electron chi connectivity index (χ3n) is 5.04. The lowest BCUT2D eigenvalue weighted by atomic mass is 10.1. The van der Waals surface area contributed by atoms with E-state index in [4.69, 9.17) is 9.72 Å². The fraction of sp³-hybridized carbons (Fsp3) is 0.273. The summed E-state index contributed by atoms with van der Waals surface area (Å²) in [5, 5.41) is 9.20. The molecule has 1 aromatic carbocycles. The van der Waals surface area contributed by atoms with Crippen LogP contribution in [0.3, 0.4) is 0 Å². The highest BCUT2D eigenvalue weighted by Gasteiger charge is 2.24. The second-order valence-corrected chi connectivity index (χ2v) is 6.97. The molecule has 3 heterocycles. The van der Waals surface area contributed by atoms with Gasteiger partial charge in [0.05, 0.1) is 23.9 Å². The van der Waals surface area contributed by atoms with E-state index in [1.54, 1.807) is 36.1 Å². The van der Waals surface area contributed by atoms with Gasteiger partial charge >= 0.3 is 0 Å². The van der Waals surface area contributed by atoms with Crippen molar-refractivity contribution in [2.75, 3.05) is 24.6 Å². The number of nitriles is 1. The second kappa shape index (κ2) is 8.25. The molecule has 0 bridgehead atoms. The Morgan fingerprint density at radius 1 is 1.21 bits per heavy atom. The number of hydrogen-bond donors (Lipinski definition) is 0. The number of anilines is 1. The predicted octanol–water partition coefficient (Wildman–Crippen LogP) is 2.68. The van der Waals surface area contributed by atoms with Crippen LogP contribution in [-0.4, -0.2) is 34.2 Å². The molecule has 0 amide bonds. The van der Waals surface area contributed by atoms with Crippen molar-refractivity contribution in [3.05, 3.63) is 76.3 Å². The Bertz CT molecular complexity index is 1100. The lowest BCUT2D eigenvalue weighted by molar-refractivity contribution is 0.0685. The van der Waals surface area contributed by atoms with Crippen LogP contribution in [0, 0.1) is 11.3 Å². The van der Waals surface area contributed by atoms with Crippen LogP contribution in [0.15, 0.2) is 59.7 Å². The van der Waals surface area contributed by atoms with Gasteiger partial charge in [-0.3, -0.25) is 14.3 Å². The zero-order valence-electron chi connectivity index (χ0n) is 16.2. The third kappa shape index (κ3) is 4.03. The topological polar surface area (TPSA) is 84.0 Å². The molecule has 3 aromatic rings. The molecule has 1 unspecified atom stereocenters. The highest BCUT2D eigenvalue weighted by Crippen LogP contribution is 2.26. The highest BCUT2D eigenvalue weighted by atomic mass is 16.5. The normalized spacial score (nSPS) is 16.8. The maximum Gasteiger partial charge on any atom is 0.255 e. The number of pyridine rings is 1. The van der Waals surface area contributed by atoms with Gasteiger partial charge in [-0.1, -0.05) is 12.1 Å². The molecule has 1 fully saturated rings. The molecule has 1 atom stereocenters. The highest BCUT2D eigenvalue weighted by molar-refractivity contribution is 5.59. The molecule has 146 valence electrons. The first-order chi connectivity index (χ1) is 14.2. The molecular formula is C22H21N5O2. The van der Waals surface area contributed by atoms with Gasteiger partial charge < -0.3 is 9.64 Å². The fourth-order valence-electron chi connectivity index (χ4n) is 3.50. The van der Waals surface area contributed by atoms with Gasteiger partial charge in [0.1, 0.15) is 6.10 Å². The first-order valence-corrected chi connectivity index (χ1v) is 9.51. The van der Waals surface area contributed by atoms with Crippen molar-refractivity contribution in [3.63, 3.8) is 0 Å². The smallest absolute Gasteiger partial charge is 0.255 e. The van der Waals surface area contributed by atoms with Gasteiger partial charge in [0.15, 0.2) is 0 Å². The molecule has 2 aromatic heterocycles. The number of nitrogens with zero attached hydrogens (tertiary/aromatic N) is 5. The molecule has 0 radical (unpaired) electrons. The lowest BCUT2D eigenvalue weighted by Gasteiger charge is -2.27. The van der Waals surface area contributed by atoms with Gasteiger partial charge in [-0.05, 0) is 36.2 Å². The van der Waals surface area contributed by atoms with Crippen LogP contribution in [-0.2, 0) is 11.8 Å².